The lowest BCUT2D eigenvalue weighted by molar-refractivity contribution is -0.120. The number of hydrogen-bond acceptors (Lipinski definition) is 2. The molecule has 1 saturated heterocycles. The Morgan fingerprint density at radius 2 is 2.75 bits per heavy atom. The summed E-state index contributed by atoms with van der Waals surface area (Å²) in [7, 11) is 0. The topological polar surface area (TPSA) is 52.9 Å². The standard InChI is InChI=1S/C5H5N2O/c6-3-4-1-2-7-5(4)8/h2,4H,1H2,(H,7,8). The van der Waals surface area contributed by atoms with Gasteiger partial charge in [-0.25, -0.2) is 0 Å². The zero-order valence-electron chi connectivity index (χ0n) is 4.22. The molecule has 1 heterocycles. The fourth-order valence-electron chi connectivity index (χ4n) is 0.596. The predicted octanol–water partition coefficient (Wildman–Crippen LogP) is -0.192. The van der Waals surface area contributed by atoms with Crippen molar-refractivity contribution in [3.63, 3.8) is 0 Å². The van der Waals surface area contributed by atoms with Gasteiger partial charge in [0.1, 0.15) is 5.92 Å². The third kappa shape index (κ3) is 0.648. The lowest BCUT2D eigenvalue weighted by Gasteiger charge is -1.87. The second-order valence-corrected chi connectivity index (χ2v) is 1.63. The van der Waals surface area contributed by atoms with Gasteiger partial charge < -0.3 is 5.32 Å². The Labute approximate surface area is 47.3 Å². The predicted molar refractivity (Wildman–Crippen MR) is 26.2 cm³/mol. The van der Waals surface area contributed by atoms with Crippen LogP contribution in [-0.4, -0.2) is 5.91 Å². The Morgan fingerprint density at radius 1 is 2.00 bits per heavy atom. The maximum atomic E-state index is 10.4. The van der Waals surface area contributed by atoms with Crippen LogP contribution < -0.4 is 5.32 Å². The van der Waals surface area contributed by atoms with Crippen molar-refractivity contribution in [1.82, 2.24) is 5.32 Å². The zero-order valence-corrected chi connectivity index (χ0v) is 4.22. The van der Waals surface area contributed by atoms with Crippen LogP contribution in [0.5, 0.6) is 0 Å². The van der Waals surface area contributed by atoms with E-state index in [-0.39, 0.29) is 5.91 Å². The molecule has 3 nitrogen and oxygen atoms in total. The van der Waals surface area contributed by atoms with Crippen LogP contribution in [-0.2, 0) is 4.79 Å². The number of nitrogens with zero attached hydrogens (tertiary/aromatic N) is 1. The molecule has 41 valence electrons. The summed E-state index contributed by atoms with van der Waals surface area (Å²) in [4.78, 5) is 10.4. The Balaban J connectivity index is 2.58. The third-order valence-electron chi connectivity index (χ3n) is 1.07. The summed E-state index contributed by atoms with van der Waals surface area (Å²) in [5, 5.41) is 10.6. The Morgan fingerprint density at radius 3 is 3.00 bits per heavy atom. The zero-order chi connectivity index (χ0) is 5.98. The quantitative estimate of drug-likeness (QED) is 0.468. The maximum Gasteiger partial charge on any atom is 0.237 e. The van der Waals surface area contributed by atoms with Crippen molar-refractivity contribution >= 4 is 5.91 Å². The monoisotopic (exact) mass is 109 g/mol. The summed E-state index contributed by atoms with van der Waals surface area (Å²) < 4.78 is 0. The van der Waals surface area contributed by atoms with Crippen LogP contribution in [0.3, 0.4) is 0 Å². The highest BCUT2D eigenvalue weighted by molar-refractivity contribution is 5.83. The molecule has 1 unspecified atom stereocenters. The summed E-state index contributed by atoms with van der Waals surface area (Å²) in [5.41, 5.74) is 0. The van der Waals surface area contributed by atoms with Crippen molar-refractivity contribution in [2.24, 2.45) is 5.92 Å². The molecule has 1 aliphatic rings. The number of carbonyl (C=O) groups excluding carboxylic acids is 1. The highest BCUT2D eigenvalue weighted by Crippen LogP contribution is 2.09. The SMILES string of the molecule is N#CC1C[CH]NC1=O. The van der Waals surface area contributed by atoms with Crippen molar-refractivity contribution in [1.29, 1.82) is 5.26 Å². The second-order valence-electron chi connectivity index (χ2n) is 1.63. The fourth-order valence-corrected chi connectivity index (χ4v) is 0.596. The molecule has 1 aliphatic heterocycles. The summed E-state index contributed by atoms with van der Waals surface area (Å²) in [6.07, 6.45) is 0.551. The maximum absolute atomic E-state index is 10.4. The minimum atomic E-state index is -0.435. The lowest BCUT2D eigenvalue weighted by Crippen LogP contribution is -2.15. The molecule has 3 heteroatoms. The van der Waals surface area contributed by atoms with Gasteiger partial charge in [-0.05, 0) is 6.42 Å². The number of nitrogens with one attached hydrogen (secondary N) is 1. The van der Waals surface area contributed by atoms with E-state index in [0.29, 0.717) is 6.42 Å². The van der Waals surface area contributed by atoms with Crippen molar-refractivity contribution < 1.29 is 4.79 Å². The molecular weight excluding hydrogens is 104 g/mol. The first-order valence-corrected chi connectivity index (χ1v) is 2.36. The first kappa shape index (κ1) is 5.10. The van der Waals surface area contributed by atoms with Crippen LogP contribution in [0.4, 0.5) is 0 Å². The number of rotatable bonds is 0. The van der Waals surface area contributed by atoms with Gasteiger partial charge in [-0.15, -0.1) is 0 Å². The van der Waals surface area contributed by atoms with Crippen molar-refractivity contribution in [3.8, 4) is 6.07 Å². The van der Waals surface area contributed by atoms with Gasteiger partial charge in [0.05, 0.1) is 12.6 Å². The third-order valence-corrected chi connectivity index (χ3v) is 1.07. The fraction of sp³-hybridized carbons (Fsp3) is 0.400. The molecule has 1 atom stereocenters. The number of hydrogen-bond donors (Lipinski definition) is 1. The van der Waals surface area contributed by atoms with Gasteiger partial charge >= 0.3 is 0 Å². The summed E-state index contributed by atoms with van der Waals surface area (Å²) in [6.45, 7) is 1.61. The molecule has 0 aliphatic carbocycles. The van der Waals surface area contributed by atoms with Gasteiger partial charge in [0.25, 0.3) is 0 Å². The largest absolute Gasteiger partial charge is 0.350 e. The van der Waals surface area contributed by atoms with E-state index in [1.165, 1.54) is 0 Å². The van der Waals surface area contributed by atoms with Crippen molar-refractivity contribution in [3.05, 3.63) is 6.54 Å². The van der Waals surface area contributed by atoms with Gasteiger partial charge in [-0.1, -0.05) is 0 Å². The summed E-state index contributed by atoms with van der Waals surface area (Å²) in [5.74, 6) is -0.609. The lowest BCUT2D eigenvalue weighted by atomic mass is 10.1. The van der Waals surface area contributed by atoms with Crippen LogP contribution in [0.1, 0.15) is 6.42 Å². The van der Waals surface area contributed by atoms with Crippen LogP contribution in [0.2, 0.25) is 0 Å². The molecule has 8 heavy (non-hydrogen) atoms. The molecule has 0 spiro atoms. The number of nitriles is 1. The minimum Gasteiger partial charge on any atom is -0.350 e. The van der Waals surface area contributed by atoms with Crippen LogP contribution in [0, 0.1) is 23.8 Å². The molecule has 0 aromatic carbocycles. The smallest absolute Gasteiger partial charge is 0.237 e. The van der Waals surface area contributed by atoms with Gasteiger partial charge in [0.15, 0.2) is 0 Å². The second kappa shape index (κ2) is 1.83. The molecule has 0 saturated carbocycles. The van der Waals surface area contributed by atoms with E-state index < -0.39 is 5.92 Å². The summed E-state index contributed by atoms with van der Waals surface area (Å²) in [6, 6.07) is 1.87. The van der Waals surface area contributed by atoms with Gasteiger partial charge in [-0.2, -0.15) is 5.26 Å². The molecule has 0 aromatic rings. The molecule has 1 radical (unpaired) electrons. The molecular formula is C5H5N2O. The molecule has 0 aromatic heterocycles. The van der Waals surface area contributed by atoms with E-state index in [1.54, 1.807) is 6.54 Å². The molecule has 1 amide bonds. The average Bonchev–Trinajstić information content (AvgIpc) is 2.14. The molecule has 1 rings (SSSR count). The average molecular weight is 109 g/mol. The Kier molecular flexibility index (Phi) is 1.17. The van der Waals surface area contributed by atoms with E-state index in [0.717, 1.165) is 0 Å². The van der Waals surface area contributed by atoms with Gasteiger partial charge in [0.2, 0.25) is 5.91 Å². The van der Waals surface area contributed by atoms with Crippen molar-refractivity contribution in [2.75, 3.05) is 0 Å². The Hall–Kier alpha value is -1.04. The molecule has 1 fully saturated rings. The van der Waals surface area contributed by atoms with Crippen LogP contribution >= 0.6 is 0 Å². The van der Waals surface area contributed by atoms with Gasteiger partial charge in [-0.3, -0.25) is 4.79 Å². The van der Waals surface area contributed by atoms with E-state index in [9.17, 15) is 4.79 Å². The van der Waals surface area contributed by atoms with E-state index in [4.69, 9.17) is 5.26 Å². The normalized spacial score (nSPS) is 26.9. The van der Waals surface area contributed by atoms with Crippen LogP contribution in [0.25, 0.3) is 0 Å². The number of carbonyl (C=O) groups is 1. The highest BCUT2D eigenvalue weighted by Gasteiger charge is 2.23. The molecule has 1 N–H and O–H groups in total. The number of amides is 1. The minimum absolute atomic E-state index is 0.174. The van der Waals surface area contributed by atoms with Crippen molar-refractivity contribution in [2.45, 2.75) is 6.42 Å². The summed E-state index contributed by atoms with van der Waals surface area (Å²) >= 11 is 0. The van der Waals surface area contributed by atoms with E-state index in [1.807, 2.05) is 6.07 Å². The van der Waals surface area contributed by atoms with E-state index >= 15 is 0 Å². The first-order valence-electron chi connectivity index (χ1n) is 2.36. The van der Waals surface area contributed by atoms with Crippen LogP contribution in [0.15, 0.2) is 0 Å². The van der Waals surface area contributed by atoms with Gasteiger partial charge in [0, 0.05) is 0 Å². The highest BCUT2D eigenvalue weighted by atomic mass is 16.2. The first-order chi connectivity index (χ1) is 3.84. The Bertz CT molecular complexity index is 147. The van der Waals surface area contributed by atoms with E-state index in [2.05, 4.69) is 5.32 Å². The molecule has 0 bridgehead atoms.